The third-order valence-electron chi connectivity index (χ3n) is 5.37. The number of carbonyl (C=O) groups excluding carboxylic acids is 3. The molecule has 134 valence electrons. The van der Waals surface area contributed by atoms with Gasteiger partial charge in [0.05, 0.1) is 0 Å². The van der Waals surface area contributed by atoms with Gasteiger partial charge in [0.25, 0.3) is 5.91 Å². The number of nitrogens with one attached hydrogen (secondary N) is 1. The molecule has 3 rings (SSSR count). The number of nitrogens with zero attached hydrogens (tertiary/aromatic N) is 1. The van der Waals surface area contributed by atoms with E-state index in [1.165, 1.54) is 0 Å². The first-order valence-corrected chi connectivity index (χ1v) is 8.82. The number of imide groups is 1. The summed E-state index contributed by atoms with van der Waals surface area (Å²) < 4.78 is 5.38. The molecule has 1 aliphatic heterocycles. The van der Waals surface area contributed by atoms with Crippen molar-refractivity contribution in [2.75, 3.05) is 6.54 Å². The standard InChI is InChI=1S/C19H24N2O4/c1-13-8-6-7-11-19(13)17(23)21(18(24)20-19)12-16(22)25-14(2)15-9-4-3-5-10-15/h3-5,9-10,13-14H,6-8,11-12H2,1-2H3,(H,20,24)/t13-,14+,19-/m1/s1. The van der Waals surface area contributed by atoms with Crippen molar-refractivity contribution in [2.24, 2.45) is 5.92 Å². The molecule has 0 bridgehead atoms. The molecule has 3 atom stereocenters. The summed E-state index contributed by atoms with van der Waals surface area (Å²) in [6, 6.07) is 8.85. The second-order valence-electron chi connectivity index (χ2n) is 6.98. The molecule has 3 amide bonds. The number of carbonyl (C=O) groups is 3. The first kappa shape index (κ1) is 17.5. The Kier molecular flexibility index (Phi) is 4.79. The van der Waals surface area contributed by atoms with Crippen LogP contribution >= 0.6 is 0 Å². The molecule has 1 aliphatic carbocycles. The van der Waals surface area contributed by atoms with Crippen LogP contribution in [0.5, 0.6) is 0 Å². The molecule has 1 saturated carbocycles. The second-order valence-corrected chi connectivity index (χ2v) is 6.98. The maximum Gasteiger partial charge on any atom is 0.326 e. The number of rotatable bonds is 4. The fourth-order valence-electron chi connectivity index (χ4n) is 3.79. The number of urea groups is 1. The van der Waals surface area contributed by atoms with Gasteiger partial charge in [0.1, 0.15) is 18.2 Å². The Hall–Kier alpha value is -2.37. The lowest BCUT2D eigenvalue weighted by Gasteiger charge is -2.36. The van der Waals surface area contributed by atoms with Crippen LogP contribution in [-0.2, 0) is 14.3 Å². The zero-order chi connectivity index (χ0) is 18.0. The highest BCUT2D eigenvalue weighted by atomic mass is 16.5. The van der Waals surface area contributed by atoms with Gasteiger partial charge in [-0.3, -0.25) is 14.5 Å². The number of ether oxygens (including phenoxy) is 1. The first-order valence-electron chi connectivity index (χ1n) is 8.82. The second kappa shape index (κ2) is 6.86. The van der Waals surface area contributed by atoms with Crippen molar-refractivity contribution in [3.63, 3.8) is 0 Å². The monoisotopic (exact) mass is 344 g/mol. The lowest BCUT2D eigenvalue weighted by Crippen LogP contribution is -2.54. The largest absolute Gasteiger partial charge is 0.456 e. The van der Waals surface area contributed by atoms with E-state index in [4.69, 9.17) is 4.74 Å². The van der Waals surface area contributed by atoms with E-state index in [0.717, 1.165) is 29.7 Å². The van der Waals surface area contributed by atoms with Crippen LogP contribution in [0.1, 0.15) is 51.2 Å². The molecule has 6 heteroatoms. The van der Waals surface area contributed by atoms with Gasteiger partial charge in [-0.15, -0.1) is 0 Å². The zero-order valence-corrected chi connectivity index (χ0v) is 14.7. The van der Waals surface area contributed by atoms with Crippen LogP contribution in [0, 0.1) is 5.92 Å². The smallest absolute Gasteiger partial charge is 0.326 e. The Bertz CT molecular complexity index is 675. The summed E-state index contributed by atoms with van der Waals surface area (Å²) in [4.78, 5) is 38.3. The van der Waals surface area contributed by atoms with Crippen molar-refractivity contribution in [1.82, 2.24) is 10.2 Å². The summed E-state index contributed by atoms with van der Waals surface area (Å²) in [5.41, 5.74) is 0.0196. The van der Waals surface area contributed by atoms with E-state index in [9.17, 15) is 14.4 Å². The van der Waals surface area contributed by atoms with Gasteiger partial charge in [-0.05, 0) is 31.2 Å². The van der Waals surface area contributed by atoms with Crippen molar-refractivity contribution in [3.05, 3.63) is 35.9 Å². The molecule has 25 heavy (non-hydrogen) atoms. The predicted octanol–water partition coefficient (Wildman–Crippen LogP) is 2.79. The molecule has 0 unspecified atom stereocenters. The Labute approximate surface area is 147 Å². The summed E-state index contributed by atoms with van der Waals surface area (Å²) in [6.07, 6.45) is 3.06. The summed E-state index contributed by atoms with van der Waals surface area (Å²) >= 11 is 0. The van der Waals surface area contributed by atoms with Gasteiger partial charge < -0.3 is 10.1 Å². The van der Waals surface area contributed by atoms with Crippen molar-refractivity contribution < 1.29 is 19.1 Å². The van der Waals surface area contributed by atoms with Crippen molar-refractivity contribution in [1.29, 1.82) is 0 Å². The number of hydrogen-bond acceptors (Lipinski definition) is 4. The van der Waals surface area contributed by atoms with Gasteiger partial charge >= 0.3 is 12.0 Å². The molecule has 6 nitrogen and oxygen atoms in total. The molecule has 1 spiro atoms. The van der Waals surface area contributed by atoms with Crippen molar-refractivity contribution in [2.45, 2.75) is 51.2 Å². The normalized spacial score (nSPS) is 27.3. The highest BCUT2D eigenvalue weighted by molar-refractivity contribution is 6.08. The topological polar surface area (TPSA) is 75.7 Å². The number of esters is 1. The van der Waals surface area contributed by atoms with Gasteiger partial charge in [0.2, 0.25) is 0 Å². The Morgan fingerprint density at radius 2 is 2.04 bits per heavy atom. The summed E-state index contributed by atoms with van der Waals surface area (Å²) in [6.45, 7) is 3.40. The van der Waals surface area contributed by atoms with Crippen LogP contribution in [-0.4, -0.2) is 34.9 Å². The van der Waals surface area contributed by atoms with Gasteiger partial charge in [0.15, 0.2) is 0 Å². The number of hydrogen-bond donors (Lipinski definition) is 1. The minimum atomic E-state index is -0.847. The maximum absolute atomic E-state index is 12.8. The third kappa shape index (κ3) is 3.25. The van der Waals surface area contributed by atoms with Crippen LogP contribution < -0.4 is 5.32 Å². The number of benzene rings is 1. The number of amides is 3. The van der Waals surface area contributed by atoms with E-state index in [2.05, 4.69) is 5.32 Å². The van der Waals surface area contributed by atoms with Gasteiger partial charge in [-0.2, -0.15) is 0 Å². The zero-order valence-electron chi connectivity index (χ0n) is 14.7. The highest BCUT2D eigenvalue weighted by Crippen LogP contribution is 2.38. The molecule has 1 aromatic carbocycles. The van der Waals surface area contributed by atoms with E-state index < -0.39 is 23.6 Å². The Morgan fingerprint density at radius 1 is 1.32 bits per heavy atom. The minimum Gasteiger partial charge on any atom is -0.456 e. The molecule has 1 N–H and O–H groups in total. The molecular formula is C19H24N2O4. The molecule has 1 aromatic rings. The van der Waals surface area contributed by atoms with Crippen LogP contribution in [0.4, 0.5) is 4.79 Å². The maximum atomic E-state index is 12.8. The lowest BCUT2D eigenvalue weighted by molar-refractivity contribution is -0.152. The molecule has 0 radical (unpaired) electrons. The minimum absolute atomic E-state index is 0.0713. The fourth-order valence-corrected chi connectivity index (χ4v) is 3.79. The molecule has 1 saturated heterocycles. The van der Waals surface area contributed by atoms with E-state index in [0.29, 0.717) is 6.42 Å². The van der Waals surface area contributed by atoms with Crippen LogP contribution in [0.25, 0.3) is 0 Å². The molecular weight excluding hydrogens is 320 g/mol. The molecule has 1 heterocycles. The highest BCUT2D eigenvalue weighted by Gasteiger charge is 2.55. The predicted molar refractivity (Wildman–Crippen MR) is 91.6 cm³/mol. The average Bonchev–Trinajstić information content (AvgIpc) is 2.83. The average molecular weight is 344 g/mol. The van der Waals surface area contributed by atoms with Crippen LogP contribution in [0.3, 0.4) is 0 Å². The van der Waals surface area contributed by atoms with E-state index in [1.807, 2.05) is 37.3 Å². The van der Waals surface area contributed by atoms with Crippen molar-refractivity contribution >= 4 is 17.9 Å². The first-order chi connectivity index (χ1) is 11.9. The third-order valence-corrected chi connectivity index (χ3v) is 5.37. The summed E-state index contributed by atoms with van der Waals surface area (Å²) in [5.74, 6) is -0.809. The quantitative estimate of drug-likeness (QED) is 0.673. The SMILES string of the molecule is C[C@H](OC(=O)CN1C(=O)N[C@@]2(CCCC[C@H]2C)C1=O)c1ccccc1. The Balaban J connectivity index is 1.65. The van der Waals surface area contributed by atoms with Gasteiger partial charge in [-0.1, -0.05) is 50.1 Å². The molecule has 0 aromatic heterocycles. The van der Waals surface area contributed by atoms with Crippen LogP contribution in [0.2, 0.25) is 0 Å². The van der Waals surface area contributed by atoms with E-state index >= 15 is 0 Å². The lowest BCUT2D eigenvalue weighted by atomic mass is 9.73. The van der Waals surface area contributed by atoms with Crippen molar-refractivity contribution in [3.8, 4) is 0 Å². The van der Waals surface area contributed by atoms with E-state index in [-0.39, 0.29) is 18.4 Å². The van der Waals surface area contributed by atoms with Gasteiger partial charge in [0, 0.05) is 0 Å². The van der Waals surface area contributed by atoms with Crippen LogP contribution in [0.15, 0.2) is 30.3 Å². The summed E-state index contributed by atoms with van der Waals surface area (Å²) in [5, 5.41) is 2.84. The van der Waals surface area contributed by atoms with Gasteiger partial charge in [-0.25, -0.2) is 4.79 Å². The summed E-state index contributed by atoms with van der Waals surface area (Å²) in [7, 11) is 0. The van der Waals surface area contributed by atoms with E-state index in [1.54, 1.807) is 6.92 Å². The molecule has 2 fully saturated rings. The fraction of sp³-hybridized carbons (Fsp3) is 0.526. The Morgan fingerprint density at radius 3 is 2.72 bits per heavy atom. The molecule has 2 aliphatic rings.